The highest BCUT2D eigenvalue weighted by atomic mass is 16.3. The van der Waals surface area contributed by atoms with Crippen molar-refractivity contribution in [2.45, 2.75) is 26.8 Å². The van der Waals surface area contributed by atoms with Crippen LogP contribution in [-0.4, -0.2) is 7.05 Å². The number of hydrogen-bond donors (Lipinski definition) is 1. The van der Waals surface area contributed by atoms with Crippen molar-refractivity contribution in [2.24, 2.45) is 0 Å². The van der Waals surface area contributed by atoms with Gasteiger partial charge < -0.3 is 9.73 Å². The molecule has 1 unspecified atom stereocenters. The minimum absolute atomic E-state index is 0.0806. The van der Waals surface area contributed by atoms with Crippen LogP contribution in [0.3, 0.4) is 0 Å². The maximum Gasteiger partial charge on any atom is 0.134 e. The van der Waals surface area contributed by atoms with Crippen LogP contribution in [0.5, 0.6) is 0 Å². The van der Waals surface area contributed by atoms with E-state index in [1.807, 2.05) is 13.1 Å². The summed E-state index contributed by atoms with van der Waals surface area (Å²) >= 11 is 0. The number of rotatable bonds is 3. The topological polar surface area (TPSA) is 25.2 Å². The molecule has 1 atom stereocenters. The van der Waals surface area contributed by atoms with Crippen LogP contribution in [0.2, 0.25) is 0 Å². The fourth-order valence-corrected chi connectivity index (χ4v) is 2.74. The van der Waals surface area contributed by atoms with Crippen LogP contribution in [0.1, 0.15) is 34.1 Å². The van der Waals surface area contributed by atoms with E-state index in [1.165, 1.54) is 22.3 Å². The normalized spacial score (nSPS) is 12.8. The van der Waals surface area contributed by atoms with Gasteiger partial charge in [0.1, 0.15) is 11.3 Å². The molecule has 3 aromatic rings. The summed E-state index contributed by atoms with van der Waals surface area (Å²) in [5.74, 6) is 0.960. The van der Waals surface area contributed by atoms with E-state index in [4.69, 9.17) is 4.42 Å². The van der Waals surface area contributed by atoms with Gasteiger partial charge in [0.05, 0.1) is 6.04 Å². The summed E-state index contributed by atoms with van der Waals surface area (Å²) in [6.45, 7) is 6.38. The van der Waals surface area contributed by atoms with E-state index in [9.17, 15) is 0 Å². The molecule has 2 aromatic carbocycles. The van der Waals surface area contributed by atoms with Crippen LogP contribution in [0, 0.1) is 20.8 Å². The SMILES string of the molecule is CNC(c1ccc(C)c(C)c1)c1cc2cc(C)ccc2o1. The average Bonchev–Trinajstić information content (AvgIpc) is 2.86. The van der Waals surface area contributed by atoms with Crippen molar-refractivity contribution >= 4 is 11.0 Å². The Bertz CT molecular complexity index is 785. The van der Waals surface area contributed by atoms with Gasteiger partial charge in [-0.1, -0.05) is 29.8 Å². The molecule has 1 aromatic heterocycles. The third-order valence-electron chi connectivity index (χ3n) is 4.13. The van der Waals surface area contributed by atoms with Gasteiger partial charge in [-0.2, -0.15) is 0 Å². The van der Waals surface area contributed by atoms with E-state index in [2.05, 4.69) is 62.5 Å². The smallest absolute Gasteiger partial charge is 0.134 e. The summed E-state index contributed by atoms with van der Waals surface area (Å²) in [6.07, 6.45) is 0. The first-order valence-corrected chi connectivity index (χ1v) is 7.33. The molecular formula is C19H21NO. The largest absolute Gasteiger partial charge is 0.459 e. The molecule has 3 rings (SSSR count). The molecule has 0 spiro atoms. The fourth-order valence-electron chi connectivity index (χ4n) is 2.74. The number of fused-ring (bicyclic) bond motifs is 1. The van der Waals surface area contributed by atoms with Gasteiger partial charge in [-0.3, -0.25) is 0 Å². The molecule has 21 heavy (non-hydrogen) atoms. The molecule has 108 valence electrons. The van der Waals surface area contributed by atoms with E-state index < -0.39 is 0 Å². The van der Waals surface area contributed by atoms with Gasteiger partial charge in [-0.25, -0.2) is 0 Å². The summed E-state index contributed by atoms with van der Waals surface area (Å²) in [7, 11) is 1.97. The molecule has 0 saturated carbocycles. The van der Waals surface area contributed by atoms with E-state index in [0.717, 1.165) is 16.7 Å². The Morgan fingerprint density at radius 3 is 2.43 bits per heavy atom. The third-order valence-corrected chi connectivity index (χ3v) is 4.13. The zero-order chi connectivity index (χ0) is 15.0. The molecule has 0 radical (unpaired) electrons. The second kappa shape index (κ2) is 5.38. The summed E-state index contributed by atoms with van der Waals surface area (Å²) in [5, 5.41) is 4.52. The first-order valence-electron chi connectivity index (χ1n) is 7.33. The molecule has 0 aliphatic heterocycles. The molecule has 0 aliphatic carbocycles. The Kier molecular flexibility index (Phi) is 3.56. The molecule has 0 amide bonds. The zero-order valence-electron chi connectivity index (χ0n) is 13.0. The lowest BCUT2D eigenvalue weighted by atomic mass is 9.99. The van der Waals surface area contributed by atoms with Crippen LogP contribution >= 0.6 is 0 Å². The Hall–Kier alpha value is -2.06. The second-order valence-electron chi connectivity index (χ2n) is 5.76. The monoisotopic (exact) mass is 279 g/mol. The van der Waals surface area contributed by atoms with Gasteiger partial charge in [-0.05, 0) is 62.7 Å². The van der Waals surface area contributed by atoms with Crippen molar-refractivity contribution in [3.8, 4) is 0 Å². The highest BCUT2D eigenvalue weighted by Crippen LogP contribution is 2.29. The minimum Gasteiger partial charge on any atom is -0.459 e. The Balaban J connectivity index is 2.06. The lowest BCUT2D eigenvalue weighted by Gasteiger charge is -2.15. The predicted octanol–water partition coefficient (Wildman–Crippen LogP) is 4.67. The van der Waals surface area contributed by atoms with Crippen LogP contribution in [0.4, 0.5) is 0 Å². The van der Waals surface area contributed by atoms with Crippen LogP contribution in [0.15, 0.2) is 46.9 Å². The Morgan fingerprint density at radius 2 is 1.71 bits per heavy atom. The van der Waals surface area contributed by atoms with E-state index in [-0.39, 0.29) is 6.04 Å². The lowest BCUT2D eigenvalue weighted by Crippen LogP contribution is -2.17. The number of furan rings is 1. The summed E-state index contributed by atoms with van der Waals surface area (Å²) < 4.78 is 6.04. The van der Waals surface area contributed by atoms with Crippen LogP contribution in [-0.2, 0) is 0 Å². The van der Waals surface area contributed by atoms with Gasteiger partial charge >= 0.3 is 0 Å². The van der Waals surface area contributed by atoms with Gasteiger partial charge in [0.25, 0.3) is 0 Å². The van der Waals surface area contributed by atoms with Crippen molar-refractivity contribution in [1.29, 1.82) is 0 Å². The fraction of sp³-hybridized carbons (Fsp3) is 0.263. The van der Waals surface area contributed by atoms with Gasteiger partial charge in [0.15, 0.2) is 0 Å². The highest BCUT2D eigenvalue weighted by Gasteiger charge is 2.17. The maximum atomic E-state index is 6.04. The zero-order valence-corrected chi connectivity index (χ0v) is 13.0. The number of hydrogen-bond acceptors (Lipinski definition) is 2. The summed E-state index contributed by atoms with van der Waals surface area (Å²) in [6, 6.07) is 15.1. The second-order valence-corrected chi connectivity index (χ2v) is 5.76. The highest BCUT2D eigenvalue weighted by molar-refractivity contribution is 5.79. The van der Waals surface area contributed by atoms with Gasteiger partial charge in [-0.15, -0.1) is 0 Å². The van der Waals surface area contributed by atoms with Crippen LogP contribution in [0.25, 0.3) is 11.0 Å². The average molecular weight is 279 g/mol. The molecule has 2 heteroatoms. The summed E-state index contributed by atoms with van der Waals surface area (Å²) in [4.78, 5) is 0. The molecule has 0 aliphatic rings. The van der Waals surface area contributed by atoms with Crippen molar-refractivity contribution < 1.29 is 4.42 Å². The first kappa shape index (κ1) is 13.9. The minimum atomic E-state index is 0.0806. The quantitative estimate of drug-likeness (QED) is 0.754. The molecule has 0 bridgehead atoms. The number of benzene rings is 2. The number of aryl methyl sites for hydroxylation is 3. The van der Waals surface area contributed by atoms with Crippen molar-refractivity contribution in [3.63, 3.8) is 0 Å². The van der Waals surface area contributed by atoms with Crippen LogP contribution < -0.4 is 5.32 Å². The van der Waals surface area contributed by atoms with E-state index in [0.29, 0.717) is 0 Å². The van der Waals surface area contributed by atoms with Crippen molar-refractivity contribution in [2.75, 3.05) is 7.05 Å². The van der Waals surface area contributed by atoms with E-state index in [1.54, 1.807) is 0 Å². The van der Waals surface area contributed by atoms with Crippen molar-refractivity contribution in [1.82, 2.24) is 5.32 Å². The standard InChI is InChI=1S/C19H21NO/c1-12-5-8-17-16(9-12)11-18(21-17)19(20-4)15-7-6-13(2)14(3)10-15/h5-11,19-20H,1-4H3. The Morgan fingerprint density at radius 1 is 0.905 bits per heavy atom. The van der Waals surface area contributed by atoms with Gasteiger partial charge in [0.2, 0.25) is 0 Å². The predicted molar refractivity (Wildman–Crippen MR) is 87.8 cm³/mol. The molecule has 0 saturated heterocycles. The molecular weight excluding hydrogens is 258 g/mol. The first-order chi connectivity index (χ1) is 10.1. The maximum absolute atomic E-state index is 6.04. The van der Waals surface area contributed by atoms with E-state index >= 15 is 0 Å². The van der Waals surface area contributed by atoms with Crippen molar-refractivity contribution in [3.05, 3.63) is 70.5 Å². The molecule has 1 heterocycles. The Labute approximate surface area is 125 Å². The van der Waals surface area contributed by atoms with Gasteiger partial charge in [0, 0.05) is 5.39 Å². The third kappa shape index (κ3) is 2.59. The summed E-state index contributed by atoms with van der Waals surface area (Å²) in [5.41, 5.74) is 6.05. The molecule has 0 fully saturated rings. The molecule has 1 N–H and O–H groups in total. The molecule has 2 nitrogen and oxygen atoms in total. The number of nitrogens with one attached hydrogen (secondary N) is 1. The lowest BCUT2D eigenvalue weighted by molar-refractivity contribution is 0.491.